The van der Waals surface area contributed by atoms with Crippen LogP contribution in [0.1, 0.15) is 18.5 Å². The summed E-state index contributed by atoms with van der Waals surface area (Å²) in [5.74, 6) is -0.243. The van der Waals surface area contributed by atoms with Crippen LogP contribution >= 0.6 is 0 Å². The van der Waals surface area contributed by atoms with Crippen LogP contribution in [0.5, 0.6) is 0 Å². The molecule has 4 heteroatoms. The molecule has 0 aliphatic carbocycles. The molecule has 0 amide bonds. The number of hydrogen-bond acceptors (Lipinski definition) is 2. The first-order valence-corrected chi connectivity index (χ1v) is 6.84. The highest BCUT2D eigenvalue weighted by molar-refractivity contribution is 5.45. The van der Waals surface area contributed by atoms with Crippen LogP contribution < -0.4 is 5.32 Å². The third kappa shape index (κ3) is 3.11. The van der Waals surface area contributed by atoms with Crippen molar-refractivity contribution in [1.29, 1.82) is 0 Å². The third-order valence-electron chi connectivity index (χ3n) is 3.33. The van der Waals surface area contributed by atoms with Crippen LogP contribution in [0.25, 0.3) is 5.69 Å². The molecular weight excluding hydrogens is 265 g/mol. The zero-order chi connectivity index (χ0) is 14.7. The third-order valence-corrected chi connectivity index (χ3v) is 3.33. The first-order chi connectivity index (χ1) is 10.2. The zero-order valence-electron chi connectivity index (χ0n) is 11.7. The van der Waals surface area contributed by atoms with Crippen molar-refractivity contribution < 1.29 is 4.39 Å². The topological polar surface area (TPSA) is 29.9 Å². The van der Waals surface area contributed by atoms with Gasteiger partial charge >= 0.3 is 0 Å². The second kappa shape index (κ2) is 5.79. The molecule has 0 saturated heterocycles. The molecule has 0 fully saturated rings. The van der Waals surface area contributed by atoms with Crippen molar-refractivity contribution in [3.8, 4) is 5.69 Å². The maximum Gasteiger partial charge on any atom is 0.125 e. The molecule has 0 bridgehead atoms. The molecule has 3 rings (SSSR count). The van der Waals surface area contributed by atoms with E-state index >= 15 is 0 Å². The Labute approximate surface area is 123 Å². The predicted molar refractivity (Wildman–Crippen MR) is 82.0 cm³/mol. The van der Waals surface area contributed by atoms with Crippen molar-refractivity contribution >= 4 is 5.69 Å². The summed E-state index contributed by atoms with van der Waals surface area (Å²) in [5.41, 5.74) is 2.82. The summed E-state index contributed by atoms with van der Waals surface area (Å²) in [6.07, 6.45) is 3.80. The van der Waals surface area contributed by atoms with Crippen molar-refractivity contribution in [2.45, 2.75) is 13.0 Å². The normalized spacial score (nSPS) is 12.1. The van der Waals surface area contributed by atoms with Crippen LogP contribution in [0.15, 0.2) is 67.0 Å². The first kappa shape index (κ1) is 13.4. The molecule has 0 aliphatic heterocycles. The van der Waals surface area contributed by atoms with Gasteiger partial charge in [0.25, 0.3) is 0 Å². The Kier molecular flexibility index (Phi) is 3.69. The van der Waals surface area contributed by atoms with Gasteiger partial charge in [-0.15, -0.1) is 0 Å². The summed E-state index contributed by atoms with van der Waals surface area (Å²) in [6, 6.07) is 16.4. The fourth-order valence-electron chi connectivity index (χ4n) is 2.19. The van der Waals surface area contributed by atoms with E-state index in [2.05, 4.69) is 10.4 Å². The molecule has 2 aromatic carbocycles. The maximum atomic E-state index is 13.2. The van der Waals surface area contributed by atoms with Crippen LogP contribution in [-0.4, -0.2) is 9.78 Å². The van der Waals surface area contributed by atoms with Crippen LogP contribution in [0.4, 0.5) is 10.1 Å². The number of aromatic nitrogens is 2. The molecule has 0 aliphatic rings. The number of benzene rings is 2. The summed E-state index contributed by atoms with van der Waals surface area (Å²) >= 11 is 0. The van der Waals surface area contributed by atoms with E-state index in [0.717, 1.165) is 16.9 Å². The van der Waals surface area contributed by atoms with Crippen molar-refractivity contribution in [3.63, 3.8) is 0 Å². The van der Waals surface area contributed by atoms with E-state index in [1.165, 1.54) is 12.1 Å². The van der Waals surface area contributed by atoms with E-state index in [1.807, 2.05) is 60.4 Å². The van der Waals surface area contributed by atoms with Gasteiger partial charge in [-0.25, -0.2) is 9.07 Å². The Balaban J connectivity index is 1.77. The SMILES string of the molecule is CC(Nc1cccc(F)c1)c1cnn(-c2ccccc2)c1. The molecule has 1 unspecified atom stereocenters. The van der Waals surface area contributed by atoms with Gasteiger partial charge in [-0.1, -0.05) is 24.3 Å². The summed E-state index contributed by atoms with van der Waals surface area (Å²) in [4.78, 5) is 0. The van der Waals surface area contributed by atoms with E-state index in [1.54, 1.807) is 6.07 Å². The Hall–Kier alpha value is -2.62. The molecule has 106 valence electrons. The standard InChI is InChI=1S/C17H16FN3/c1-13(20-16-7-5-6-15(18)10-16)14-11-19-21(12-14)17-8-3-2-4-9-17/h2-13,20H,1H3. The average molecular weight is 281 g/mol. The Morgan fingerprint density at radius 2 is 1.90 bits per heavy atom. The summed E-state index contributed by atoms with van der Waals surface area (Å²) < 4.78 is 15.0. The fourth-order valence-corrected chi connectivity index (χ4v) is 2.19. The molecular formula is C17H16FN3. The second-order valence-corrected chi connectivity index (χ2v) is 4.93. The first-order valence-electron chi connectivity index (χ1n) is 6.84. The summed E-state index contributed by atoms with van der Waals surface area (Å²) in [5, 5.41) is 7.64. The Morgan fingerprint density at radius 1 is 1.10 bits per heavy atom. The maximum absolute atomic E-state index is 13.2. The molecule has 3 nitrogen and oxygen atoms in total. The highest BCUT2D eigenvalue weighted by atomic mass is 19.1. The molecule has 1 N–H and O–H groups in total. The number of rotatable bonds is 4. The number of nitrogens with one attached hydrogen (secondary N) is 1. The molecule has 1 heterocycles. The van der Waals surface area contributed by atoms with Gasteiger partial charge in [0.2, 0.25) is 0 Å². The minimum absolute atomic E-state index is 0.0456. The second-order valence-electron chi connectivity index (χ2n) is 4.93. The summed E-state index contributed by atoms with van der Waals surface area (Å²) in [7, 11) is 0. The van der Waals surface area contributed by atoms with Crippen LogP contribution in [0.3, 0.4) is 0 Å². The average Bonchev–Trinajstić information content (AvgIpc) is 2.98. The molecule has 1 atom stereocenters. The minimum Gasteiger partial charge on any atom is -0.378 e. The monoisotopic (exact) mass is 281 g/mol. The van der Waals surface area contributed by atoms with Gasteiger partial charge in [0.05, 0.1) is 17.9 Å². The van der Waals surface area contributed by atoms with Gasteiger partial charge in [-0.2, -0.15) is 5.10 Å². The molecule has 0 spiro atoms. The molecule has 0 radical (unpaired) electrons. The van der Waals surface area contributed by atoms with E-state index in [-0.39, 0.29) is 11.9 Å². The minimum atomic E-state index is -0.243. The predicted octanol–water partition coefficient (Wildman–Crippen LogP) is 4.18. The lowest BCUT2D eigenvalue weighted by molar-refractivity contribution is 0.628. The number of anilines is 1. The largest absolute Gasteiger partial charge is 0.378 e. The van der Waals surface area contributed by atoms with Gasteiger partial charge in [0.15, 0.2) is 0 Å². The van der Waals surface area contributed by atoms with E-state index in [0.29, 0.717) is 0 Å². The van der Waals surface area contributed by atoms with Gasteiger partial charge in [0, 0.05) is 17.4 Å². The number of nitrogens with zero attached hydrogens (tertiary/aromatic N) is 2. The van der Waals surface area contributed by atoms with Crippen LogP contribution in [0.2, 0.25) is 0 Å². The van der Waals surface area contributed by atoms with E-state index in [4.69, 9.17) is 0 Å². The van der Waals surface area contributed by atoms with Crippen molar-refractivity contribution in [2.75, 3.05) is 5.32 Å². The van der Waals surface area contributed by atoms with Crippen LogP contribution in [-0.2, 0) is 0 Å². The number of hydrogen-bond donors (Lipinski definition) is 1. The number of para-hydroxylation sites is 1. The molecule has 3 aromatic rings. The quantitative estimate of drug-likeness (QED) is 0.777. The van der Waals surface area contributed by atoms with Crippen molar-refractivity contribution in [1.82, 2.24) is 9.78 Å². The van der Waals surface area contributed by atoms with Gasteiger partial charge < -0.3 is 5.32 Å². The zero-order valence-corrected chi connectivity index (χ0v) is 11.7. The molecule has 1 aromatic heterocycles. The smallest absolute Gasteiger partial charge is 0.125 e. The summed E-state index contributed by atoms with van der Waals surface area (Å²) in [6.45, 7) is 2.03. The fraction of sp³-hybridized carbons (Fsp3) is 0.118. The Bertz CT molecular complexity index is 722. The highest BCUT2D eigenvalue weighted by Crippen LogP contribution is 2.20. The van der Waals surface area contributed by atoms with Crippen molar-refractivity contribution in [2.24, 2.45) is 0 Å². The number of halogens is 1. The van der Waals surface area contributed by atoms with Gasteiger partial charge in [-0.05, 0) is 37.3 Å². The lowest BCUT2D eigenvalue weighted by Crippen LogP contribution is -2.05. The van der Waals surface area contributed by atoms with E-state index in [9.17, 15) is 4.39 Å². The van der Waals surface area contributed by atoms with E-state index < -0.39 is 0 Å². The highest BCUT2D eigenvalue weighted by Gasteiger charge is 2.09. The molecule has 21 heavy (non-hydrogen) atoms. The lowest BCUT2D eigenvalue weighted by Gasteiger charge is -2.13. The Morgan fingerprint density at radius 3 is 2.67 bits per heavy atom. The van der Waals surface area contributed by atoms with Crippen molar-refractivity contribution in [3.05, 3.63) is 78.4 Å². The van der Waals surface area contributed by atoms with Gasteiger partial charge in [0.1, 0.15) is 5.82 Å². The molecule has 0 saturated carbocycles. The van der Waals surface area contributed by atoms with Crippen LogP contribution in [0, 0.1) is 5.82 Å². The lowest BCUT2D eigenvalue weighted by atomic mass is 10.2. The van der Waals surface area contributed by atoms with Gasteiger partial charge in [-0.3, -0.25) is 0 Å².